The predicted molar refractivity (Wildman–Crippen MR) is 164 cm³/mol. The van der Waals surface area contributed by atoms with Crippen LogP contribution in [0.4, 0.5) is 0 Å². The smallest absolute Gasteiger partial charge is 0.478 e. The maximum absolute atomic E-state index is 11.2. The fourth-order valence-corrected chi connectivity index (χ4v) is 5.39. The van der Waals surface area contributed by atoms with Gasteiger partial charge in [0, 0.05) is 37.5 Å². The molecule has 0 heterocycles. The summed E-state index contributed by atoms with van der Waals surface area (Å²) < 4.78 is 26.9. The van der Waals surface area contributed by atoms with Crippen LogP contribution in [0.25, 0.3) is 6.08 Å². The summed E-state index contributed by atoms with van der Waals surface area (Å²) in [6, 6.07) is 10.7. The van der Waals surface area contributed by atoms with E-state index in [0.29, 0.717) is 51.1 Å². The molecular weight excluding hydrogens is 544 g/mol. The molecule has 0 saturated heterocycles. The number of hydrogen-bond donors (Lipinski definition) is 1. The molecule has 0 unspecified atom stereocenters. The van der Waals surface area contributed by atoms with Crippen LogP contribution >= 0.6 is 0 Å². The van der Waals surface area contributed by atoms with Crippen molar-refractivity contribution in [3.05, 3.63) is 78.9 Å². The molecule has 0 amide bonds. The van der Waals surface area contributed by atoms with E-state index in [-0.39, 0.29) is 11.5 Å². The summed E-state index contributed by atoms with van der Waals surface area (Å²) in [4.78, 5) is 32.4. The topological polar surface area (TPSA) is 118 Å². The molecule has 0 aliphatic rings. The van der Waals surface area contributed by atoms with Crippen molar-refractivity contribution in [2.75, 3.05) is 33.0 Å². The Labute approximate surface area is 246 Å². The molecule has 0 atom stereocenters. The van der Waals surface area contributed by atoms with Gasteiger partial charge in [0.25, 0.3) is 0 Å². The zero-order chi connectivity index (χ0) is 31.5. The van der Waals surface area contributed by atoms with Crippen molar-refractivity contribution in [1.29, 1.82) is 0 Å². The summed E-state index contributed by atoms with van der Waals surface area (Å²) in [6.07, 6.45) is 6.19. The average molecular weight is 593 g/mol. The van der Waals surface area contributed by atoms with Gasteiger partial charge in [-0.15, -0.1) is 0 Å². The van der Waals surface area contributed by atoms with Gasteiger partial charge in [-0.05, 0) is 52.2 Å². The maximum atomic E-state index is 11.2. The van der Waals surface area contributed by atoms with Gasteiger partial charge in [0.05, 0.1) is 18.8 Å². The molecule has 0 spiro atoms. The number of carbonyl (C=O) groups is 3. The van der Waals surface area contributed by atoms with Gasteiger partial charge in [0.2, 0.25) is 0 Å². The Morgan fingerprint density at radius 3 is 1.76 bits per heavy atom. The second-order valence-electron chi connectivity index (χ2n) is 8.30. The van der Waals surface area contributed by atoms with E-state index in [1.54, 1.807) is 6.92 Å². The summed E-state index contributed by atoms with van der Waals surface area (Å²) in [5.41, 5.74) is 1.62. The first-order valence-corrected chi connectivity index (χ1v) is 15.6. The molecule has 1 rings (SSSR count). The molecule has 0 fully saturated rings. The summed E-state index contributed by atoms with van der Waals surface area (Å²) >= 11 is 0. The average Bonchev–Trinajstić information content (AvgIpc) is 2.95. The van der Waals surface area contributed by atoms with Crippen molar-refractivity contribution in [3.8, 4) is 0 Å². The Morgan fingerprint density at radius 2 is 1.34 bits per heavy atom. The molecule has 1 aromatic rings. The minimum atomic E-state index is -2.61. The quantitative estimate of drug-likeness (QED) is 0.0679. The Balaban J connectivity index is 0. The Kier molecular flexibility index (Phi) is 24.9. The number of aliphatic carboxylic acids is 1. The fraction of sp³-hybridized carbons (Fsp3) is 0.452. The van der Waals surface area contributed by atoms with Crippen molar-refractivity contribution in [3.63, 3.8) is 0 Å². The molecule has 0 aromatic heterocycles. The lowest BCUT2D eigenvalue weighted by atomic mass is 10.2. The van der Waals surface area contributed by atoms with Crippen LogP contribution in [0, 0.1) is 0 Å². The molecule has 230 valence electrons. The Morgan fingerprint density at radius 1 is 0.829 bits per heavy atom. The number of carbonyl (C=O) groups excluding carboxylic acids is 2. The predicted octanol–water partition coefficient (Wildman–Crippen LogP) is 6.40. The van der Waals surface area contributed by atoms with Gasteiger partial charge >= 0.3 is 26.7 Å². The van der Waals surface area contributed by atoms with Crippen LogP contribution in [0.15, 0.2) is 73.4 Å². The third-order valence-electron chi connectivity index (χ3n) is 4.76. The minimum absolute atomic E-state index is 0.0449. The summed E-state index contributed by atoms with van der Waals surface area (Å²) in [5.74, 6) is -2.06. The summed E-state index contributed by atoms with van der Waals surface area (Å²) in [7, 11) is -2.61. The van der Waals surface area contributed by atoms with Crippen molar-refractivity contribution < 1.29 is 42.2 Å². The number of benzene rings is 1. The normalized spacial score (nSPS) is 10.4. The largest absolute Gasteiger partial charge is 0.501 e. The highest BCUT2D eigenvalue weighted by molar-refractivity contribution is 6.60. The van der Waals surface area contributed by atoms with E-state index >= 15 is 0 Å². The molecule has 1 aromatic carbocycles. The fourth-order valence-electron chi connectivity index (χ4n) is 2.81. The van der Waals surface area contributed by atoms with Gasteiger partial charge in [-0.3, -0.25) is 0 Å². The molecule has 0 aliphatic heterocycles. The molecule has 0 bridgehead atoms. The van der Waals surface area contributed by atoms with E-state index in [1.165, 1.54) is 5.56 Å². The van der Waals surface area contributed by atoms with Gasteiger partial charge in [-0.1, -0.05) is 69.5 Å². The zero-order valence-electron chi connectivity index (χ0n) is 25.3. The summed E-state index contributed by atoms with van der Waals surface area (Å²) in [6.45, 7) is 22.2. The van der Waals surface area contributed by atoms with Crippen LogP contribution in [0.5, 0.6) is 0 Å². The number of hydrogen-bond acceptors (Lipinski definition) is 8. The first kappa shape index (κ1) is 39.8. The van der Waals surface area contributed by atoms with Crippen LogP contribution in [0.3, 0.4) is 0 Å². The Bertz CT molecular complexity index is 925. The number of ether oxygens (including phenoxy) is 2. The van der Waals surface area contributed by atoms with E-state index in [4.69, 9.17) is 27.9 Å². The van der Waals surface area contributed by atoms with Gasteiger partial charge < -0.3 is 27.9 Å². The number of carboxylic acid groups (broad SMARTS) is 1. The standard InChI is InChI=1S/C13H26O5Si.C10H14O4.C8H8/c1-6-16-19(17-7-2,18-8-3)11-9-10-15-13(14)12(4)5;1-3-4-7-14-10(13)8(2)5-6-9(11)12;1-2-8-6-4-3-5-7-8/h4,6-11H2,1-3,5H3;5-6H,2-4,7H2,1H3,(H,11,12);2-7H,1H2. The SMILES string of the molecule is C=C(C)C(=O)OCCC[Si](OCC)(OCC)OCC.C=C(C=CC(=O)O)C(=O)OCCCC.C=Cc1ccccc1. The molecule has 0 saturated carbocycles. The monoisotopic (exact) mass is 592 g/mol. The first-order valence-electron chi connectivity index (χ1n) is 13.7. The van der Waals surface area contributed by atoms with E-state index in [1.807, 2.05) is 64.1 Å². The van der Waals surface area contributed by atoms with Crippen molar-refractivity contribution in [2.45, 2.75) is 59.9 Å². The zero-order valence-corrected chi connectivity index (χ0v) is 26.3. The van der Waals surface area contributed by atoms with E-state index < -0.39 is 20.7 Å². The van der Waals surface area contributed by atoms with E-state index in [2.05, 4.69) is 19.7 Å². The third-order valence-corrected chi connectivity index (χ3v) is 7.91. The molecule has 9 nitrogen and oxygen atoms in total. The highest BCUT2D eigenvalue weighted by Gasteiger charge is 2.39. The van der Waals surface area contributed by atoms with Gasteiger partial charge in [0.1, 0.15) is 0 Å². The Hall–Kier alpha value is -3.31. The molecular formula is C31H48O9Si. The highest BCUT2D eigenvalue weighted by Crippen LogP contribution is 2.18. The maximum Gasteiger partial charge on any atom is 0.501 e. The minimum Gasteiger partial charge on any atom is -0.478 e. The van der Waals surface area contributed by atoms with E-state index in [0.717, 1.165) is 25.0 Å². The number of esters is 2. The number of carboxylic acids is 1. The van der Waals surface area contributed by atoms with Crippen molar-refractivity contribution >= 4 is 32.8 Å². The molecule has 0 aliphatic carbocycles. The van der Waals surface area contributed by atoms with Gasteiger partial charge in [0.15, 0.2) is 0 Å². The van der Waals surface area contributed by atoms with Gasteiger partial charge in [-0.2, -0.15) is 0 Å². The molecule has 1 N–H and O–H groups in total. The number of rotatable bonds is 18. The second kappa shape index (κ2) is 25.6. The summed E-state index contributed by atoms with van der Waals surface area (Å²) in [5, 5.41) is 8.28. The number of unbranched alkanes of at least 4 members (excludes halogenated alkanes) is 1. The lowest BCUT2D eigenvalue weighted by molar-refractivity contribution is -0.139. The molecule has 41 heavy (non-hydrogen) atoms. The molecule has 0 radical (unpaired) electrons. The van der Waals surface area contributed by atoms with Crippen LogP contribution in [-0.2, 0) is 37.1 Å². The third kappa shape index (κ3) is 22.1. The lowest BCUT2D eigenvalue weighted by Crippen LogP contribution is -2.46. The van der Waals surface area contributed by atoms with Crippen LogP contribution in [0.2, 0.25) is 6.04 Å². The van der Waals surface area contributed by atoms with Crippen LogP contribution in [-0.4, -0.2) is 64.9 Å². The lowest BCUT2D eigenvalue weighted by Gasteiger charge is -2.28. The second-order valence-corrected chi connectivity index (χ2v) is 11.0. The molecule has 10 heteroatoms. The van der Waals surface area contributed by atoms with Crippen LogP contribution in [0.1, 0.15) is 59.4 Å². The van der Waals surface area contributed by atoms with Crippen LogP contribution < -0.4 is 0 Å². The highest BCUT2D eigenvalue weighted by atomic mass is 28.4. The van der Waals surface area contributed by atoms with E-state index in [9.17, 15) is 14.4 Å². The van der Waals surface area contributed by atoms with Crippen molar-refractivity contribution in [2.24, 2.45) is 0 Å². The van der Waals surface area contributed by atoms with Gasteiger partial charge in [-0.25, -0.2) is 14.4 Å². The van der Waals surface area contributed by atoms with Crippen molar-refractivity contribution in [1.82, 2.24) is 0 Å². The first-order chi connectivity index (χ1) is 19.5.